The normalized spacial score (nSPS) is 11.6. The molecule has 6 nitrogen and oxygen atoms in total. The lowest BCUT2D eigenvalue weighted by molar-refractivity contribution is 0.406. The third-order valence-electron chi connectivity index (χ3n) is 4.75. The Labute approximate surface area is 165 Å². The molecule has 1 aromatic heterocycles. The zero-order valence-corrected chi connectivity index (χ0v) is 16.5. The zero-order valence-electron chi connectivity index (χ0n) is 16.5. The lowest BCUT2D eigenvalue weighted by atomic mass is 10.1. The Morgan fingerprint density at radius 2 is 1.93 bits per heavy atom. The molecule has 28 heavy (non-hydrogen) atoms. The Bertz CT molecular complexity index is 933. The van der Waals surface area contributed by atoms with Crippen LogP contribution in [0, 0.1) is 0 Å². The average molecular weight is 380 g/mol. The number of hydrogen-bond acceptors (Lipinski definition) is 3. The summed E-state index contributed by atoms with van der Waals surface area (Å²) in [5.41, 5.74) is 2.15. The molecule has 0 spiro atoms. The fourth-order valence-corrected chi connectivity index (χ4v) is 3.21. The number of benzene rings is 2. The molecular weight excluding hydrogens is 352 g/mol. The second kappa shape index (κ2) is 9.69. The second-order valence-electron chi connectivity index (χ2n) is 6.59. The van der Waals surface area contributed by atoms with Gasteiger partial charge in [-0.2, -0.15) is 0 Å². The van der Waals surface area contributed by atoms with E-state index < -0.39 is 0 Å². The summed E-state index contributed by atoms with van der Waals surface area (Å²) in [4.78, 5) is 4.26. The van der Waals surface area contributed by atoms with E-state index in [9.17, 15) is 5.11 Å². The van der Waals surface area contributed by atoms with Crippen molar-refractivity contribution in [2.75, 3.05) is 27.2 Å². The lowest BCUT2D eigenvalue weighted by Crippen LogP contribution is -2.38. The summed E-state index contributed by atoms with van der Waals surface area (Å²) in [7, 11) is 3.35. The molecule has 0 saturated heterocycles. The Morgan fingerprint density at radius 3 is 2.71 bits per heavy atom. The van der Waals surface area contributed by atoms with E-state index in [4.69, 9.17) is 4.74 Å². The number of para-hydroxylation sites is 1. The van der Waals surface area contributed by atoms with Crippen molar-refractivity contribution >= 4 is 16.9 Å². The van der Waals surface area contributed by atoms with Gasteiger partial charge >= 0.3 is 0 Å². The standard InChI is InChI=1S/C22H28N4O2/c1-23-22(25-13-10-18-8-9-19(28-2)16-21(18)27)24-12-5-14-26-15-11-17-6-3-4-7-20(17)26/h3-4,6-9,11,15-16,27H,5,10,12-14H2,1-2H3,(H2,23,24,25). The number of aliphatic imine (C=N–C) groups is 1. The minimum Gasteiger partial charge on any atom is -0.508 e. The summed E-state index contributed by atoms with van der Waals surface area (Å²) >= 11 is 0. The predicted molar refractivity (Wildman–Crippen MR) is 114 cm³/mol. The number of hydrogen-bond donors (Lipinski definition) is 3. The van der Waals surface area contributed by atoms with E-state index in [1.807, 2.05) is 12.1 Å². The molecule has 0 aliphatic heterocycles. The van der Waals surface area contributed by atoms with Crippen LogP contribution < -0.4 is 15.4 Å². The second-order valence-corrected chi connectivity index (χ2v) is 6.59. The van der Waals surface area contributed by atoms with Gasteiger partial charge in [0.1, 0.15) is 11.5 Å². The number of guanidine groups is 1. The van der Waals surface area contributed by atoms with Crippen LogP contribution in [-0.2, 0) is 13.0 Å². The molecule has 3 rings (SSSR count). The lowest BCUT2D eigenvalue weighted by Gasteiger charge is -2.13. The minimum absolute atomic E-state index is 0.253. The molecule has 0 amide bonds. The molecule has 0 fully saturated rings. The van der Waals surface area contributed by atoms with Crippen LogP contribution in [-0.4, -0.2) is 42.9 Å². The summed E-state index contributed by atoms with van der Waals surface area (Å²) in [6.07, 6.45) is 3.84. The molecule has 0 aliphatic rings. The summed E-state index contributed by atoms with van der Waals surface area (Å²) in [6.45, 7) is 2.47. The van der Waals surface area contributed by atoms with Crippen LogP contribution in [0.4, 0.5) is 0 Å². The number of nitrogens with one attached hydrogen (secondary N) is 2. The van der Waals surface area contributed by atoms with Crippen molar-refractivity contribution in [1.29, 1.82) is 0 Å². The van der Waals surface area contributed by atoms with E-state index in [1.54, 1.807) is 20.2 Å². The topological polar surface area (TPSA) is 70.8 Å². The fraction of sp³-hybridized carbons (Fsp3) is 0.318. The largest absolute Gasteiger partial charge is 0.508 e. The zero-order chi connectivity index (χ0) is 19.8. The van der Waals surface area contributed by atoms with Crippen LogP contribution >= 0.6 is 0 Å². The monoisotopic (exact) mass is 380 g/mol. The molecule has 2 aromatic carbocycles. The van der Waals surface area contributed by atoms with Crippen LogP contribution in [0.25, 0.3) is 10.9 Å². The highest BCUT2D eigenvalue weighted by Crippen LogP contribution is 2.23. The number of phenolic OH excluding ortho intramolecular Hbond substituents is 1. The maximum atomic E-state index is 10.0. The number of nitrogens with zero attached hydrogens (tertiary/aromatic N) is 2. The first-order valence-electron chi connectivity index (χ1n) is 9.55. The maximum absolute atomic E-state index is 10.0. The van der Waals surface area contributed by atoms with Crippen molar-refractivity contribution in [3.8, 4) is 11.5 Å². The van der Waals surface area contributed by atoms with Crippen molar-refractivity contribution in [2.24, 2.45) is 4.99 Å². The number of aromatic hydroxyl groups is 1. The van der Waals surface area contributed by atoms with Gasteiger partial charge in [-0.3, -0.25) is 4.99 Å². The molecule has 0 aliphatic carbocycles. The van der Waals surface area contributed by atoms with E-state index in [0.717, 1.165) is 31.0 Å². The van der Waals surface area contributed by atoms with Crippen LogP contribution in [0.1, 0.15) is 12.0 Å². The Kier molecular flexibility index (Phi) is 6.78. The Hall–Kier alpha value is -3.15. The third-order valence-corrected chi connectivity index (χ3v) is 4.75. The number of aromatic nitrogens is 1. The van der Waals surface area contributed by atoms with E-state index in [0.29, 0.717) is 18.7 Å². The highest BCUT2D eigenvalue weighted by Gasteiger charge is 2.04. The van der Waals surface area contributed by atoms with Gasteiger partial charge < -0.3 is 25.0 Å². The van der Waals surface area contributed by atoms with Gasteiger partial charge in [0.25, 0.3) is 0 Å². The van der Waals surface area contributed by atoms with Crippen LogP contribution in [0.15, 0.2) is 59.7 Å². The van der Waals surface area contributed by atoms with Gasteiger partial charge in [-0.25, -0.2) is 0 Å². The molecule has 0 bridgehead atoms. The quantitative estimate of drug-likeness (QED) is 0.319. The Morgan fingerprint density at radius 1 is 1.11 bits per heavy atom. The summed E-state index contributed by atoms with van der Waals surface area (Å²) in [5, 5.41) is 17.9. The van der Waals surface area contributed by atoms with Gasteiger partial charge in [0.15, 0.2) is 5.96 Å². The predicted octanol–water partition coefficient (Wildman–Crippen LogP) is 3.15. The van der Waals surface area contributed by atoms with E-state index in [-0.39, 0.29) is 5.75 Å². The Balaban J connectivity index is 1.40. The molecule has 0 unspecified atom stereocenters. The van der Waals surface area contributed by atoms with Gasteiger partial charge in [-0.05, 0) is 42.0 Å². The van der Waals surface area contributed by atoms with Gasteiger partial charge in [0.2, 0.25) is 0 Å². The first-order chi connectivity index (χ1) is 13.7. The van der Waals surface area contributed by atoms with E-state index >= 15 is 0 Å². The average Bonchev–Trinajstić information content (AvgIpc) is 3.14. The highest BCUT2D eigenvalue weighted by molar-refractivity contribution is 5.80. The van der Waals surface area contributed by atoms with Crippen LogP contribution in [0.5, 0.6) is 11.5 Å². The molecular formula is C22H28N4O2. The SMILES string of the molecule is CN=C(NCCCn1ccc2ccccc21)NCCc1ccc(OC)cc1O. The van der Waals surface area contributed by atoms with Gasteiger partial charge in [0, 0.05) is 44.5 Å². The van der Waals surface area contributed by atoms with Crippen molar-refractivity contribution in [2.45, 2.75) is 19.4 Å². The van der Waals surface area contributed by atoms with E-state index in [1.165, 1.54) is 10.9 Å². The fourth-order valence-electron chi connectivity index (χ4n) is 3.21. The molecule has 3 N–H and O–H groups in total. The van der Waals surface area contributed by atoms with Gasteiger partial charge in [-0.15, -0.1) is 0 Å². The minimum atomic E-state index is 0.253. The summed E-state index contributed by atoms with van der Waals surface area (Å²) in [5.74, 6) is 1.68. The molecule has 3 aromatic rings. The first-order valence-corrected chi connectivity index (χ1v) is 9.55. The van der Waals surface area contributed by atoms with Gasteiger partial charge in [0.05, 0.1) is 7.11 Å². The summed E-state index contributed by atoms with van der Waals surface area (Å²) in [6, 6.07) is 15.9. The molecule has 0 saturated carbocycles. The maximum Gasteiger partial charge on any atom is 0.190 e. The molecule has 148 valence electrons. The number of fused-ring (bicyclic) bond motifs is 1. The third kappa shape index (κ3) is 4.97. The van der Waals surface area contributed by atoms with E-state index in [2.05, 4.69) is 56.7 Å². The summed E-state index contributed by atoms with van der Waals surface area (Å²) < 4.78 is 7.39. The van der Waals surface area contributed by atoms with Crippen molar-refractivity contribution in [3.63, 3.8) is 0 Å². The molecule has 6 heteroatoms. The smallest absolute Gasteiger partial charge is 0.190 e. The first kappa shape index (κ1) is 19.6. The number of ether oxygens (including phenoxy) is 1. The highest BCUT2D eigenvalue weighted by atomic mass is 16.5. The number of aryl methyl sites for hydroxylation is 1. The molecule has 0 atom stereocenters. The van der Waals surface area contributed by atoms with Crippen LogP contribution in [0.2, 0.25) is 0 Å². The van der Waals surface area contributed by atoms with Crippen molar-refractivity contribution < 1.29 is 9.84 Å². The number of rotatable bonds is 8. The number of methoxy groups -OCH3 is 1. The molecule has 1 heterocycles. The number of phenols is 1. The van der Waals surface area contributed by atoms with Crippen molar-refractivity contribution in [1.82, 2.24) is 15.2 Å². The van der Waals surface area contributed by atoms with Gasteiger partial charge in [-0.1, -0.05) is 24.3 Å². The van der Waals surface area contributed by atoms with Crippen molar-refractivity contribution in [3.05, 3.63) is 60.3 Å². The molecule has 0 radical (unpaired) electrons. The van der Waals surface area contributed by atoms with Crippen LogP contribution in [0.3, 0.4) is 0 Å².